The summed E-state index contributed by atoms with van der Waals surface area (Å²) in [7, 11) is 0. The molecule has 1 N–H and O–H groups in total. The zero-order valence-electron chi connectivity index (χ0n) is 15.0. The van der Waals surface area contributed by atoms with Crippen LogP contribution in [0.15, 0.2) is 47.1 Å². The molecule has 0 saturated heterocycles. The van der Waals surface area contributed by atoms with Crippen molar-refractivity contribution in [1.82, 2.24) is 4.98 Å². The Morgan fingerprint density at radius 1 is 1.12 bits per heavy atom. The van der Waals surface area contributed by atoms with Gasteiger partial charge in [-0.15, -0.1) is 0 Å². The highest BCUT2D eigenvalue weighted by atomic mass is 35.5. The Bertz CT molecular complexity index is 745. The van der Waals surface area contributed by atoms with Gasteiger partial charge in [0.15, 0.2) is 5.76 Å². The topological polar surface area (TPSA) is 51.6 Å². The number of ether oxygens (including phenoxy) is 2. The predicted molar refractivity (Wildman–Crippen MR) is 99.0 cm³/mol. The minimum Gasteiger partial charge on any atom is -0.491 e. The van der Waals surface area contributed by atoms with Gasteiger partial charge in [0.25, 0.3) is 0 Å². The van der Waals surface area contributed by atoms with Crippen molar-refractivity contribution in [2.24, 2.45) is 0 Å². The van der Waals surface area contributed by atoms with Crippen molar-refractivity contribution in [2.45, 2.75) is 58.8 Å². The zero-order chi connectivity index (χ0) is 18.1. The first kappa shape index (κ1) is 18.0. The van der Waals surface area contributed by atoms with Crippen LogP contribution >= 0.6 is 11.6 Å². The van der Waals surface area contributed by atoms with Crippen LogP contribution in [0.1, 0.15) is 46.1 Å². The molecule has 2 aliphatic rings. The van der Waals surface area contributed by atoms with Crippen LogP contribution in [0.2, 0.25) is 5.15 Å². The van der Waals surface area contributed by atoms with Gasteiger partial charge in [-0.05, 0) is 63.5 Å². The van der Waals surface area contributed by atoms with Crippen LogP contribution in [0.4, 0.5) is 0 Å². The van der Waals surface area contributed by atoms with Crippen LogP contribution in [-0.2, 0) is 9.47 Å². The molecule has 0 aromatic carbocycles. The monoisotopic (exact) mass is 361 g/mol. The van der Waals surface area contributed by atoms with E-state index in [1.807, 2.05) is 39.8 Å². The average Bonchev–Trinajstić information content (AvgIpc) is 2.87. The first-order valence-electron chi connectivity index (χ1n) is 8.69. The number of aliphatic hydroxyl groups is 1. The highest BCUT2D eigenvalue weighted by molar-refractivity contribution is 6.29. The van der Waals surface area contributed by atoms with Crippen LogP contribution < -0.4 is 0 Å². The van der Waals surface area contributed by atoms with E-state index in [1.54, 1.807) is 12.3 Å². The number of aliphatic hydroxyl groups excluding tert-OH is 1. The SMILES string of the molecule is CC(C)OC1=C(OC(C)C)C2=C(CC1)C(c1ccc(Cl)nc1)=CC2O. The second-order valence-corrected chi connectivity index (χ2v) is 7.26. The van der Waals surface area contributed by atoms with Crippen LogP contribution in [0.5, 0.6) is 0 Å². The molecule has 0 bridgehead atoms. The van der Waals surface area contributed by atoms with E-state index in [4.69, 9.17) is 21.1 Å². The molecule has 0 amide bonds. The molecule has 1 atom stereocenters. The maximum Gasteiger partial charge on any atom is 0.163 e. The van der Waals surface area contributed by atoms with Crippen LogP contribution in [-0.4, -0.2) is 28.4 Å². The lowest BCUT2D eigenvalue weighted by Crippen LogP contribution is -2.20. The summed E-state index contributed by atoms with van der Waals surface area (Å²) in [6.07, 6.45) is 4.51. The summed E-state index contributed by atoms with van der Waals surface area (Å²) in [5, 5.41) is 11.2. The number of nitrogens with zero attached hydrogens (tertiary/aromatic N) is 1. The molecule has 134 valence electrons. The Kier molecular flexibility index (Phi) is 5.21. The van der Waals surface area contributed by atoms with E-state index in [2.05, 4.69) is 4.98 Å². The smallest absolute Gasteiger partial charge is 0.163 e. The molecule has 0 saturated carbocycles. The lowest BCUT2D eigenvalue weighted by Gasteiger charge is -2.28. The third kappa shape index (κ3) is 3.75. The Morgan fingerprint density at radius 3 is 2.44 bits per heavy atom. The standard InChI is InChI=1S/C20H24ClNO3/c1-11(2)24-17-7-6-14-15(13-5-8-18(21)22-10-13)9-16(23)19(14)20(17)25-12(3)4/h5,8-12,16,23H,6-7H2,1-4H3. The lowest BCUT2D eigenvalue weighted by atomic mass is 9.90. The van der Waals surface area contributed by atoms with Crippen molar-refractivity contribution >= 4 is 17.2 Å². The van der Waals surface area contributed by atoms with E-state index < -0.39 is 6.10 Å². The number of rotatable bonds is 5. The highest BCUT2D eigenvalue weighted by Crippen LogP contribution is 2.45. The largest absolute Gasteiger partial charge is 0.491 e. The maximum atomic E-state index is 10.7. The van der Waals surface area contributed by atoms with Crippen LogP contribution in [0, 0.1) is 0 Å². The summed E-state index contributed by atoms with van der Waals surface area (Å²) in [6.45, 7) is 7.96. The third-order valence-corrected chi connectivity index (χ3v) is 4.36. The van der Waals surface area contributed by atoms with Crippen molar-refractivity contribution in [2.75, 3.05) is 0 Å². The van der Waals surface area contributed by atoms with Crippen molar-refractivity contribution in [1.29, 1.82) is 0 Å². The molecule has 4 nitrogen and oxygen atoms in total. The molecule has 0 aliphatic heterocycles. The van der Waals surface area contributed by atoms with E-state index in [0.717, 1.165) is 40.9 Å². The van der Waals surface area contributed by atoms with Gasteiger partial charge in [0.2, 0.25) is 0 Å². The van der Waals surface area contributed by atoms with Gasteiger partial charge in [-0.3, -0.25) is 0 Å². The molecule has 0 fully saturated rings. The quantitative estimate of drug-likeness (QED) is 0.776. The fourth-order valence-electron chi connectivity index (χ4n) is 3.28. The number of hydrogen-bond donors (Lipinski definition) is 1. The summed E-state index contributed by atoms with van der Waals surface area (Å²) in [4.78, 5) is 4.16. The molecule has 5 heteroatoms. The van der Waals surface area contributed by atoms with Gasteiger partial charge < -0.3 is 14.6 Å². The Balaban J connectivity index is 2.03. The Morgan fingerprint density at radius 2 is 1.84 bits per heavy atom. The normalized spacial score (nSPS) is 20.3. The van der Waals surface area contributed by atoms with Gasteiger partial charge in [0.1, 0.15) is 17.0 Å². The van der Waals surface area contributed by atoms with Gasteiger partial charge in [0, 0.05) is 23.8 Å². The summed E-state index contributed by atoms with van der Waals surface area (Å²) in [6, 6.07) is 3.69. The molecule has 1 unspecified atom stereocenters. The molecule has 0 radical (unpaired) electrons. The molecule has 1 aromatic heterocycles. The molecule has 1 aromatic rings. The van der Waals surface area contributed by atoms with Gasteiger partial charge in [-0.1, -0.05) is 11.6 Å². The second kappa shape index (κ2) is 7.22. The second-order valence-electron chi connectivity index (χ2n) is 6.87. The van der Waals surface area contributed by atoms with E-state index in [1.165, 1.54) is 0 Å². The van der Waals surface area contributed by atoms with Gasteiger partial charge in [-0.25, -0.2) is 4.98 Å². The van der Waals surface area contributed by atoms with Crippen LogP contribution in [0.3, 0.4) is 0 Å². The number of allylic oxidation sites excluding steroid dienone is 3. The van der Waals surface area contributed by atoms with E-state index in [9.17, 15) is 5.11 Å². The van der Waals surface area contributed by atoms with Gasteiger partial charge in [-0.2, -0.15) is 0 Å². The van der Waals surface area contributed by atoms with Crippen molar-refractivity contribution in [3.05, 3.63) is 57.8 Å². The maximum absolute atomic E-state index is 10.7. The fraction of sp³-hybridized carbons (Fsp3) is 0.450. The lowest BCUT2D eigenvalue weighted by molar-refractivity contribution is 0.0854. The summed E-state index contributed by atoms with van der Waals surface area (Å²) in [5.41, 5.74) is 3.87. The first-order chi connectivity index (χ1) is 11.9. The highest BCUT2D eigenvalue weighted by Gasteiger charge is 2.35. The fourth-order valence-corrected chi connectivity index (χ4v) is 3.39. The van der Waals surface area contributed by atoms with Gasteiger partial charge in [0.05, 0.1) is 12.2 Å². The zero-order valence-corrected chi connectivity index (χ0v) is 15.8. The van der Waals surface area contributed by atoms with Crippen molar-refractivity contribution in [3.8, 4) is 0 Å². The van der Waals surface area contributed by atoms with Crippen LogP contribution in [0.25, 0.3) is 5.57 Å². The van der Waals surface area contributed by atoms with Gasteiger partial charge >= 0.3 is 0 Å². The molecular formula is C20H24ClNO3. The minimum absolute atomic E-state index is 0.000982. The summed E-state index contributed by atoms with van der Waals surface area (Å²) < 4.78 is 12.0. The number of halogens is 1. The molecule has 0 spiro atoms. The minimum atomic E-state index is -0.708. The molecule has 2 aliphatic carbocycles. The summed E-state index contributed by atoms with van der Waals surface area (Å²) in [5.74, 6) is 1.51. The molecule has 3 rings (SSSR count). The van der Waals surface area contributed by atoms with Crippen molar-refractivity contribution < 1.29 is 14.6 Å². The number of hydrogen-bond acceptors (Lipinski definition) is 4. The molecule has 25 heavy (non-hydrogen) atoms. The number of aromatic nitrogens is 1. The van der Waals surface area contributed by atoms with E-state index >= 15 is 0 Å². The van der Waals surface area contributed by atoms with E-state index in [-0.39, 0.29) is 12.2 Å². The third-order valence-electron chi connectivity index (χ3n) is 4.14. The van der Waals surface area contributed by atoms with E-state index in [0.29, 0.717) is 10.9 Å². The predicted octanol–water partition coefficient (Wildman–Crippen LogP) is 4.64. The van der Waals surface area contributed by atoms with Crippen molar-refractivity contribution in [3.63, 3.8) is 0 Å². The molecular weight excluding hydrogens is 338 g/mol. The number of pyridine rings is 1. The molecule has 1 heterocycles. The summed E-state index contributed by atoms with van der Waals surface area (Å²) >= 11 is 5.90. The Labute approximate surface area is 153 Å². The Hall–Kier alpha value is -1.78. The average molecular weight is 362 g/mol. The first-order valence-corrected chi connectivity index (χ1v) is 9.06.